The summed E-state index contributed by atoms with van der Waals surface area (Å²) >= 11 is 1.52. The molecule has 7 heteroatoms. The number of likely N-dealkylation sites (tertiary alicyclic amines) is 1. The Morgan fingerprint density at radius 2 is 2.00 bits per heavy atom. The number of pyridine rings is 2. The van der Waals surface area contributed by atoms with E-state index in [9.17, 15) is 4.79 Å². The Kier molecular flexibility index (Phi) is 6.04. The van der Waals surface area contributed by atoms with E-state index in [1.165, 1.54) is 23.7 Å². The van der Waals surface area contributed by atoms with Crippen molar-refractivity contribution in [2.24, 2.45) is 5.92 Å². The molecule has 0 saturated carbocycles. The fraction of sp³-hybridized carbons (Fsp3) is 0.375. The van der Waals surface area contributed by atoms with Gasteiger partial charge >= 0.3 is 0 Å². The molecule has 2 aliphatic heterocycles. The van der Waals surface area contributed by atoms with Gasteiger partial charge in [0, 0.05) is 18.9 Å². The number of rotatable bonds is 7. The first kappa shape index (κ1) is 20.3. The van der Waals surface area contributed by atoms with Gasteiger partial charge in [-0.25, -0.2) is 4.98 Å². The Morgan fingerprint density at radius 1 is 1.16 bits per heavy atom. The molecule has 0 aliphatic carbocycles. The Bertz CT molecular complexity index is 1090. The third-order valence-corrected chi connectivity index (χ3v) is 7.24. The fourth-order valence-corrected chi connectivity index (χ4v) is 5.40. The van der Waals surface area contributed by atoms with E-state index in [1.807, 2.05) is 42.9 Å². The summed E-state index contributed by atoms with van der Waals surface area (Å²) in [6.07, 6.45) is 12.1. The Labute approximate surface area is 186 Å². The van der Waals surface area contributed by atoms with Crippen LogP contribution in [0.5, 0.6) is 0 Å². The largest absolute Gasteiger partial charge is 0.351 e. The number of amides is 1. The molecule has 1 N–H and O–H groups in total. The SMILES string of the molecule is O=C(NCC1CCN(CCCc2ccncc2)CC1)C1=Cc2cnc3cccc(n23)S1. The van der Waals surface area contributed by atoms with E-state index in [4.69, 9.17) is 0 Å². The first-order chi connectivity index (χ1) is 15.3. The minimum Gasteiger partial charge on any atom is -0.351 e. The molecule has 3 aromatic rings. The molecule has 0 unspecified atom stereocenters. The lowest BCUT2D eigenvalue weighted by molar-refractivity contribution is -0.117. The van der Waals surface area contributed by atoms with Gasteiger partial charge in [0.25, 0.3) is 5.91 Å². The van der Waals surface area contributed by atoms with E-state index in [2.05, 4.69) is 36.7 Å². The highest BCUT2D eigenvalue weighted by molar-refractivity contribution is 8.04. The average molecular weight is 434 g/mol. The number of imidazole rings is 1. The van der Waals surface area contributed by atoms with Crippen LogP contribution in [0, 0.1) is 5.92 Å². The van der Waals surface area contributed by atoms with Crippen LogP contribution in [0.4, 0.5) is 0 Å². The summed E-state index contributed by atoms with van der Waals surface area (Å²) in [5.41, 5.74) is 3.25. The number of piperidine rings is 1. The van der Waals surface area contributed by atoms with Crippen LogP contribution in [0.1, 0.15) is 30.5 Å². The van der Waals surface area contributed by atoms with Crippen molar-refractivity contribution in [2.45, 2.75) is 30.7 Å². The highest BCUT2D eigenvalue weighted by atomic mass is 32.2. The Balaban J connectivity index is 1.06. The third-order valence-electron chi connectivity index (χ3n) is 6.19. The molecule has 5 rings (SSSR count). The second-order valence-corrected chi connectivity index (χ2v) is 9.37. The zero-order chi connectivity index (χ0) is 21.0. The van der Waals surface area contributed by atoms with Crippen LogP contribution in [0.3, 0.4) is 0 Å². The summed E-state index contributed by atoms with van der Waals surface area (Å²) in [4.78, 5) is 24.6. The van der Waals surface area contributed by atoms with E-state index in [1.54, 1.807) is 0 Å². The topological polar surface area (TPSA) is 62.5 Å². The number of carbonyl (C=O) groups excluding carboxylic acids is 1. The summed E-state index contributed by atoms with van der Waals surface area (Å²) < 4.78 is 2.09. The van der Waals surface area contributed by atoms with E-state index in [0.717, 1.165) is 66.7 Å². The summed E-state index contributed by atoms with van der Waals surface area (Å²) in [6.45, 7) is 4.14. The van der Waals surface area contributed by atoms with Gasteiger partial charge in [-0.15, -0.1) is 0 Å². The van der Waals surface area contributed by atoms with Crippen LogP contribution in [0.25, 0.3) is 11.7 Å². The van der Waals surface area contributed by atoms with Crippen molar-refractivity contribution in [2.75, 3.05) is 26.2 Å². The highest BCUT2D eigenvalue weighted by Crippen LogP contribution is 2.34. The second-order valence-electron chi connectivity index (χ2n) is 8.31. The molecule has 5 heterocycles. The van der Waals surface area contributed by atoms with E-state index in [0.29, 0.717) is 5.92 Å². The molecule has 1 fully saturated rings. The number of carbonyl (C=O) groups is 1. The van der Waals surface area contributed by atoms with Crippen LogP contribution in [-0.2, 0) is 11.2 Å². The molecule has 1 amide bonds. The van der Waals surface area contributed by atoms with Crippen LogP contribution in [0.2, 0.25) is 0 Å². The minimum absolute atomic E-state index is 0.0224. The van der Waals surface area contributed by atoms with Crippen molar-refractivity contribution in [3.63, 3.8) is 0 Å². The van der Waals surface area contributed by atoms with E-state index >= 15 is 0 Å². The fourth-order valence-electron chi connectivity index (χ4n) is 4.39. The average Bonchev–Trinajstić information content (AvgIpc) is 3.23. The number of aryl methyl sites for hydroxylation is 1. The van der Waals surface area contributed by atoms with Gasteiger partial charge in [-0.1, -0.05) is 17.8 Å². The van der Waals surface area contributed by atoms with Gasteiger partial charge in [0.15, 0.2) is 0 Å². The quantitative estimate of drug-likeness (QED) is 0.616. The number of nitrogens with one attached hydrogen (secondary N) is 1. The Morgan fingerprint density at radius 3 is 2.84 bits per heavy atom. The molecule has 6 nitrogen and oxygen atoms in total. The predicted octanol–water partition coefficient (Wildman–Crippen LogP) is 3.64. The van der Waals surface area contributed by atoms with E-state index in [-0.39, 0.29) is 5.91 Å². The number of nitrogens with zero attached hydrogens (tertiary/aromatic N) is 4. The molecule has 0 aromatic carbocycles. The van der Waals surface area contributed by atoms with Crippen molar-refractivity contribution in [1.29, 1.82) is 0 Å². The maximum Gasteiger partial charge on any atom is 0.258 e. The zero-order valence-corrected chi connectivity index (χ0v) is 18.4. The van der Waals surface area contributed by atoms with Crippen LogP contribution >= 0.6 is 11.8 Å². The predicted molar refractivity (Wildman–Crippen MR) is 124 cm³/mol. The van der Waals surface area contributed by atoms with Gasteiger partial charge in [0.1, 0.15) is 5.65 Å². The lowest BCUT2D eigenvalue weighted by atomic mass is 9.96. The molecule has 0 atom stereocenters. The molecule has 160 valence electrons. The van der Waals surface area contributed by atoms with E-state index < -0.39 is 0 Å². The number of thioether (sulfide) groups is 1. The smallest absolute Gasteiger partial charge is 0.258 e. The lowest BCUT2D eigenvalue weighted by Gasteiger charge is -2.32. The second kappa shape index (κ2) is 9.24. The summed E-state index contributed by atoms with van der Waals surface area (Å²) in [5.74, 6) is 0.581. The molecule has 3 aromatic heterocycles. The van der Waals surface area contributed by atoms with Crippen molar-refractivity contribution in [3.05, 3.63) is 65.1 Å². The van der Waals surface area contributed by atoms with Crippen molar-refractivity contribution in [3.8, 4) is 0 Å². The van der Waals surface area contributed by atoms with Gasteiger partial charge in [-0.3, -0.25) is 14.2 Å². The number of hydrogen-bond acceptors (Lipinski definition) is 5. The Hall–Kier alpha value is -2.64. The lowest BCUT2D eigenvalue weighted by Crippen LogP contribution is -2.39. The molecule has 1 saturated heterocycles. The molecule has 0 spiro atoms. The van der Waals surface area contributed by atoms with Gasteiger partial charge in [0.05, 0.1) is 21.8 Å². The third kappa shape index (κ3) is 4.67. The van der Waals surface area contributed by atoms with Crippen molar-refractivity contribution < 1.29 is 4.79 Å². The van der Waals surface area contributed by atoms with Gasteiger partial charge in [-0.05, 0) is 87.1 Å². The van der Waals surface area contributed by atoms with Crippen molar-refractivity contribution in [1.82, 2.24) is 24.6 Å². The van der Waals surface area contributed by atoms with Gasteiger partial charge < -0.3 is 10.2 Å². The highest BCUT2D eigenvalue weighted by Gasteiger charge is 2.23. The monoisotopic (exact) mass is 433 g/mol. The van der Waals surface area contributed by atoms with Gasteiger partial charge in [-0.2, -0.15) is 0 Å². The van der Waals surface area contributed by atoms with Gasteiger partial charge in [0.2, 0.25) is 0 Å². The molecular weight excluding hydrogens is 406 g/mol. The molecule has 31 heavy (non-hydrogen) atoms. The minimum atomic E-state index is 0.0224. The number of hydrogen-bond donors (Lipinski definition) is 1. The number of aromatic nitrogens is 3. The first-order valence-electron chi connectivity index (χ1n) is 11.0. The summed E-state index contributed by atoms with van der Waals surface area (Å²) in [7, 11) is 0. The summed E-state index contributed by atoms with van der Waals surface area (Å²) in [6, 6.07) is 10.2. The maximum atomic E-state index is 12.8. The molecule has 0 radical (unpaired) electrons. The standard InChI is InChI=1S/C24H27N5OS/c30-24(21-15-20-17-26-22-4-1-5-23(31-21)29(20)22)27-16-19-8-13-28(14-9-19)12-2-3-18-6-10-25-11-7-18/h1,4-7,10-11,15,17,19H,2-3,8-9,12-14,16H2,(H,27,30). The van der Waals surface area contributed by atoms with Crippen molar-refractivity contribution >= 4 is 29.4 Å². The van der Waals surface area contributed by atoms with Crippen LogP contribution < -0.4 is 5.32 Å². The maximum absolute atomic E-state index is 12.8. The molecular formula is C24H27N5OS. The molecule has 0 bridgehead atoms. The zero-order valence-electron chi connectivity index (χ0n) is 17.5. The van der Waals surface area contributed by atoms with Crippen LogP contribution in [-0.4, -0.2) is 51.4 Å². The van der Waals surface area contributed by atoms with Crippen LogP contribution in [0.15, 0.2) is 58.9 Å². The molecule has 2 aliphatic rings. The first-order valence-corrected chi connectivity index (χ1v) is 11.8. The summed E-state index contributed by atoms with van der Waals surface area (Å²) in [5, 5.41) is 4.21. The normalized spacial score (nSPS) is 17.0.